The average Bonchev–Trinajstić information content (AvgIpc) is 2.34. The minimum Gasteiger partial charge on any atom is -0.102 e. The van der Waals surface area contributed by atoms with Crippen LogP contribution in [0.25, 0.3) is 0 Å². The van der Waals surface area contributed by atoms with Gasteiger partial charge < -0.3 is 0 Å². The van der Waals surface area contributed by atoms with E-state index in [4.69, 9.17) is 6.58 Å². The Bertz CT molecular complexity index is 2280. The van der Waals surface area contributed by atoms with E-state index < -0.39 is 0 Å². The molecular weight excluding hydrogens is 1530 g/mol. The van der Waals surface area contributed by atoms with E-state index in [2.05, 4.69) is 367 Å². The summed E-state index contributed by atoms with van der Waals surface area (Å²) in [5, 5.41) is 11.2. The van der Waals surface area contributed by atoms with E-state index in [-0.39, 0.29) is 0 Å². The third-order valence-corrected chi connectivity index (χ3v) is 59.4. The van der Waals surface area contributed by atoms with E-state index >= 15 is 0 Å². The van der Waals surface area contributed by atoms with Gasteiger partial charge in [0.15, 0.2) is 0 Å². The second-order valence-corrected chi connectivity index (χ2v) is 56.9. The molecule has 0 amide bonds. The predicted octanol–water partition coefficient (Wildman–Crippen LogP) is 27.8. The van der Waals surface area contributed by atoms with Gasteiger partial charge in [-0.05, 0) is 108 Å². The maximum Gasteiger partial charge on any atom is 0.0607 e. The van der Waals surface area contributed by atoms with Crippen molar-refractivity contribution < 1.29 is 0 Å². The van der Waals surface area contributed by atoms with Gasteiger partial charge in [-0.15, -0.1) is 6.58 Å². The highest BCUT2D eigenvalue weighted by Crippen LogP contribution is 2.66. The lowest BCUT2D eigenvalue weighted by atomic mass is 9.91. The van der Waals surface area contributed by atoms with E-state index in [1.54, 1.807) is 4.91 Å². The maximum atomic E-state index is 4.89. The van der Waals surface area contributed by atoms with Crippen molar-refractivity contribution >= 4 is 259 Å². The lowest BCUT2D eigenvalue weighted by Gasteiger charge is -2.44. The summed E-state index contributed by atoms with van der Waals surface area (Å²) in [6, 6.07) is 0. The molecule has 0 spiro atoms. The summed E-state index contributed by atoms with van der Waals surface area (Å²) in [5.41, 5.74) is 0. The van der Waals surface area contributed by atoms with Crippen LogP contribution in [0.5, 0.6) is 0 Å². The minimum atomic E-state index is 0.313. The number of hydrogen-bond donors (Lipinski definition) is 0. The molecule has 0 aliphatic carbocycles. The molecule has 10 aliphatic rings. The molecule has 0 saturated carbocycles. The molecule has 6 fully saturated rings. The minimum absolute atomic E-state index is 0.313. The van der Waals surface area contributed by atoms with Crippen LogP contribution in [0.3, 0.4) is 0 Å². The standard InChI is InChI=1S/C63H92S24/c1-7-12-24-42-34-46-36-47-35-43-25-17-15-13-14-16-23-39(9-3)55-63-59-51-30-29-50-58-60(83-66-41(21-8-2)33-45(65-73-50)27-20-26-44(69-82-59)32-40(10-4)64-79-55)52-31-38(6)22-18-19-28-49(74-78-52)57(81-67-42)62(86-85-58)54(77-70-46)37-53(76-71-47)61(84-75-51)56(80-68-43)48(11-5)72-87-63/h11-12,17,19-20,24-25,27-30,37-52,54-63H,5,7-10,13-16,18,21-23,26,31-36H2,1-4,6H3/b24-12+,25-17+,27-20+,28-19-,30-29+,53-37?. The highest BCUT2D eigenvalue weighted by molar-refractivity contribution is 8.84. The van der Waals surface area contributed by atoms with Gasteiger partial charge in [-0.25, -0.2) is 0 Å². The lowest BCUT2D eigenvalue weighted by Crippen LogP contribution is -2.43. The van der Waals surface area contributed by atoms with Gasteiger partial charge >= 0.3 is 0 Å². The SMILES string of the molecule is C=CC1SSC2C3SSC(CC)CC4C/C=C/C5CC(CCC)SSC6C7CC(C)CC/C=C\C(SS7)C7SSC(/C=C/CC)CC8CC9CC(/C=C/CCCCCC3CC)SSC1C1SSC(/C=C/C(SS5)C6SSC7C(C=C1SS9)SS8)C2SS4. The quantitative estimate of drug-likeness (QED) is 0.175. The van der Waals surface area contributed by atoms with Crippen molar-refractivity contribution in [2.45, 2.75) is 277 Å². The maximum absolute atomic E-state index is 4.89. The molecule has 0 nitrogen and oxygen atoms in total. The first-order valence-electron chi connectivity index (χ1n) is 32.3. The number of allylic oxidation sites excluding steroid dienone is 4. The third-order valence-electron chi connectivity index (χ3n) is 17.9. The van der Waals surface area contributed by atoms with E-state index in [1.165, 1.54) is 116 Å². The van der Waals surface area contributed by atoms with Crippen LogP contribution in [0.1, 0.15) is 157 Å². The molecule has 87 heavy (non-hydrogen) atoms. The summed E-state index contributed by atoms with van der Waals surface area (Å²) in [7, 11) is 56.0. The molecule has 10 heterocycles. The summed E-state index contributed by atoms with van der Waals surface area (Å²) < 4.78 is 0. The van der Waals surface area contributed by atoms with Gasteiger partial charge in [0.1, 0.15) is 0 Å². The van der Waals surface area contributed by atoms with Crippen LogP contribution in [0.15, 0.2) is 84.4 Å². The fraction of sp³-hybridized carbons (Fsp3) is 0.778. The van der Waals surface area contributed by atoms with Crippen molar-refractivity contribution in [1.82, 2.24) is 0 Å². The van der Waals surface area contributed by atoms with Crippen molar-refractivity contribution in [2.24, 2.45) is 11.8 Å². The van der Waals surface area contributed by atoms with Crippen molar-refractivity contribution in [3.63, 3.8) is 0 Å². The summed E-state index contributed by atoms with van der Waals surface area (Å²) in [6.45, 7) is 17.4. The van der Waals surface area contributed by atoms with Crippen molar-refractivity contribution in [3.05, 3.63) is 84.4 Å². The zero-order chi connectivity index (χ0) is 59.9. The zero-order valence-electron chi connectivity index (χ0n) is 50.8. The largest absolute Gasteiger partial charge is 0.102 e. The summed E-state index contributed by atoms with van der Waals surface area (Å²) in [6.07, 6.45) is 56.9. The first-order valence-corrected chi connectivity index (χ1v) is 59.6. The molecule has 10 aliphatic heterocycles. The number of rotatable bonds is 7. The number of fused-ring (bicyclic) bond motifs is 25. The fourth-order valence-corrected chi connectivity index (χ4v) is 62.6. The van der Waals surface area contributed by atoms with Crippen molar-refractivity contribution in [2.75, 3.05) is 0 Å². The molecule has 0 aromatic rings. The van der Waals surface area contributed by atoms with Crippen LogP contribution in [0.4, 0.5) is 0 Å². The van der Waals surface area contributed by atoms with Gasteiger partial charge in [0.05, 0.1) is 5.25 Å². The zero-order valence-corrected chi connectivity index (χ0v) is 70.4. The Kier molecular flexibility index (Phi) is 34.2. The van der Waals surface area contributed by atoms with E-state index in [1.807, 2.05) is 0 Å². The molecule has 6 saturated heterocycles. The van der Waals surface area contributed by atoms with Gasteiger partial charge in [-0.3, -0.25) is 0 Å². The van der Waals surface area contributed by atoms with Gasteiger partial charge in [0.2, 0.25) is 0 Å². The molecule has 13 bridgehead atoms. The van der Waals surface area contributed by atoms with Gasteiger partial charge in [0, 0.05) is 120 Å². The predicted molar refractivity (Wildman–Crippen MR) is 456 cm³/mol. The topological polar surface area (TPSA) is 0 Å². The van der Waals surface area contributed by atoms with Crippen LogP contribution in [-0.4, -0.2) is 121 Å². The van der Waals surface area contributed by atoms with Crippen LogP contribution < -0.4 is 0 Å². The molecule has 24 heteroatoms. The average molecular weight is 1620 g/mol. The molecule has 25 unspecified atom stereocenters. The second kappa shape index (κ2) is 39.9. The highest BCUT2D eigenvalue weighted by Gasteiger charge is 2.50. The van der Waals surface area contributed by atoms with E-state index in [9.17, 15) is 0 Å². The Morgan fingerprint density at radius 1 is 0.471 bits per heavy atom. The van der Waals surface area contributed by atoms with Gasteiger partial charge in [0.25, 0.3) is 0 Å². The Balaban J connectivity index is 1.16. The molecule has 488 valence electrons. The van der Waals surface area contributed by atoms with E-state index in [0.29, 0.717) is 133 Å². The molecule has 0 aromatic carbocycles. The Labute approximate surface area is 623 Å². The van der Waals surface area contributed by atoms with Gasteiger partial charge in [-0.2, -0.15) is 0 Å². The van der Waals surface area contributed by atoms with Crippen LogP contribution >= 0.6 is 259 Å². The van der Waals surface area contributed by atoms with Crippen molar-refractivity contribution in [1.29, 1.82) is 0 Å². The fourth-order valence-electron chi connectivity index (χ4n) is 12.8. The van der Waals surface area contributed by atoms with Gasteiger partial charge in [-0.1, -0.05) is 392 Å². The summed E-state index contributed by atoms with van der Waals surface area (Å²) >= 11 is 0. The monoisotopic (exact) mass is 1620 g/mol. The normalized spacial score (nSPS) is 46.4. The molecule has 25 atom stereocenters. The molecule has 10 rings (SSSR count). The van der Waals surface area contributed by atoms with Crippen LogP contribution in [0, 0.1) is 11.8 Å². The Morgan fingerprint density at radius 2 is 1.14 bits per heavy atom. The molecule has 0 N–H and O–H groups in total. The lowest BCUT2D eigenvalue weighted by molar-refractivity contribution is 0.420. The van der Waals surface area contributed by atoms with Crippen LogP contribution in [0.2, 0.25) is 0 Å². The first-order chi connectivity index (χ1) is 42.8. The Morgan fingerprint density at radius 3 is 1.98 bits per heavy atom. The molecule has 0 aromatic heterocycles. The van der Waals surface area contributed by atoms with Crippen molar-refractivity contribution in [3.8, 4) is 0 Å². The number of hydrogen-bond acceptors (Lipinski definition) is 24. The smallest absolute Gasteiger partial charge is 0.0607 e. The first kappa shape index (κ1) is 74.8. The highest BCUT2D eigenvalue weighted by atomic mass is 33.1. The van der Waals surface area contributed by atoms with Crippen LogP contribution in [-0.2, 0) is 0 Å². The Hall–Kier alpha value is 6.58. The molecular formula is C63H92S24. The summed E-state index contributed by atoms with van der Waals surface area (Å²) in [5.74, 6) is 1.40. The third kappa shape index (κ3) is 21.6. The summed E-state index contributed by atoms with van der Waals surface area (Å²) in [4.78, 5) is 1.67. The second-order valence-electron chi connectivity index (χ2n) is 24.7. The van der Waals surface area contributed by atoms with E-state index in [0.717, 1.165) is 6.42 Å². The molecule has 0 radical (unpaired) electrons.